The molecule has 6 heteroatoms. The fraction of sp³-hybridized carbons (Fsp3) is 0.500. The third-order valence-corrected chi connectivity index (χ3v) is 4.23. The topological polar surface area (TPSA) is 70.0 Å². The Morgan fingerprint density at radius 2 is 2.45 bits per heavy atom. The number of thiophene rings is 1. The lowest BCUT2D eigenvalue weighted by molar-refractivity contribution is -0.131. The molecule has 1 aliphatic rings. The zero-order valence-electron chi connectivity index (χ0n) is 11.4. The van der Waals surface area contributed by atoms with Gasteiger partial charge in [0.2, 0.25) is 0 Å². The molecule has 1 aliphatic heterocycles. The first-order chi connectivity index (χ1) is 9.58. The van der Waals surface area contributed by atoms with Crippen molar-refractivity contribution in [1.29, 1.82) is 0 Å². The molecule has 2 atom stereocenters. The Bertz CT molecular complexity index is 485. The Hall–Kier alpha value is -1.21. The lowest BCUT2D eigenvalue weighted by atomic mass is 10.2. The maximum atomic E-state index is 10.5. The Morgan fingerprint density at radius 3 is 3.15 bits per heavy atom. The van der Waals surface area contributed by atoms with Gasteiger partial charge in [-0.25, -0.2) is 4.79 Å². The van der Waals surface area contributed by atoms with Crippen LogP contribution in [0.25, 0.3) is 6.08 Å². The smallest absolute Gasteiger partial charge is 0.328 e. The zero-order valence-corrected chi connectivity index (χ0v) is 12.2. The number of carboxylic acids is 1. The molecule has 5 nitrogen and oxygen atoms in total. The fourth-order valence-electron chi connectivity index (χ4n) is 2.14. The van der Waals surface area contributed by atoms with E-state index in [0.717, 1.165) is 24.7 Å². The van der Waals surface area contributed by atoms with Crippen molar-refractivity contribution in [3.8, 4) is 0 Å². The number of rotatable bonds is 5. The first-order valence-electron chi connectivity index (χ1n) is 6.53. The Balaban J connectivity index is 1.97. The van der Waals surface area contributed by atoms with E-state index in [-0.39, 0.29) is 12.7 Å². The Morgan fingerprint density at radius 1 is 1.65 bits per heavy atom. The molecule has 0 bridgehead atoms. The highest BCUT2D eigenvalue weighted by molar-refractivity contribution is 7.10. The van der Waals surface area contributed by atoms with Crippen LogP contribution in [-0.2, 0) is 16.1 Å². The standard InChI is InChI=1S/C14H19NO4S/c1-10-8-19-12(7-16)5-15(10)6-13-4-11(9-20-13)2-3-14(17)18/h2-4,9-10,12,16H,5-8H2,1H3,(H,17,18)/b3-2+. The summed E-state index contributed by atoms with van der Waals surface area (Å²) in [5, 5.41) is 19.7. The molecule has 1 fully saturated rings. The molecule has 0 aliphatic carbocycles. The van der Waals surface area contributed by atoms with Crippen LogP contribution in [0.15, 0.2) is 17.5 Å². The molecule has 1 aromatic heterocycles. The summed E-state index contributed by atoms with van der Waals surface area (Å²) in [5.74, 6) is -0.940. The van der Waals surface area contributed by atoms with Crippen molar-refractivity contribution in [2.75, 3.05) is 19.8 Å². The van der Waals surface area contributed by atoms with Crippen molar-refractivity contribution in [3.63, 3.8) is 0 Å². The average molecular weight is 297 g/mol. The summed E-state index contributed by atoms with van der Waals surface area (Å²) >= 11 is 1.62. The van der Waals surface area contributed by atoms with Crippen LogP contribution in [0.1, 0.15) is 17.4 Å². The quantitative estimate of drug-likeness (QED) is 0.805. The number of carboxylic acid groups (broad SMARTS) is 1. The molecular weight excluding hydrogens is 278 g/mol. The van der Waals surface area contributed by atoms with Gasteiger partial charge in [-0.2, -0.15) is 0 Å². The molecule has 1 saturated heterocycles. The molecule has 2 heterocycles. The highest BCUT2D eigenvalue weighted by Gasteiger charge is 2.25. The Kier molecular flexibility index (Phi) is 5.31. The monoisotopic (exact) mass is 297 g/mol. The summed E-state index contributed by atoms with van der Waals surface area (Å²) in [4.78, 5) is 13.9. The summed E-state index contributed by atoms with van der Waals surface area (Å²) in [5.41, 5.74) is 0.909. The van der Waals surface area contributed by atoms with Gasteiger partial charge in [-0.1, -0.05) is 0 Å². The highest BCUT2D eigenvalue weighted by atomic mass is 32.1. The highest BCUT2D eigenvalue weighted by Crippen LogP contribution is 2.21. The minimum atomic E-state index is -0.940. The molecule has 2 rings (SSSR count). The van der Waals surface area contributed by atoms with Gasteiger partial charge in [0.15, 0.2) is 0 Å². The molecule has 110 valence electrons. The molecule has 2 unspecified atom stereocenters. The molecule has 20 heavy (non-hydrogen) atoms. The third-order valence-electron chi connectivity index (χ3n) is 3.29. The first kappa shape index (κ1) is 15.2. The van der Waals surface area contributed by atoms with Gasteiger partial charge in [0, 0.05) is 30.1 Å². The SMILES string of the molecule is CC1COC(CO)CN1Cc1cc(/C=C/C(=O)O)cs1. The Labute approximate surface area is 122 Å². The van der Waals surface area contributed by atoms with Gasteiger partial charge in [-0.15, -0.1) is 11.3 Å². The van der Waals surface area contributed by atoms with Crippen molar-refractivity contribution < 1.29 is 19.7 Å². The van der Waals surface area contributed by atoms with Gasteiger partial charge in [0.05, 0.1) is 19.3 Å². The first-order valence-corrected chi connectivity index (χ1v) is 7.41. The van der Waals surface area contributed by atoms with E-state index >= 15 is 0 Å². The predicted octanol–water partition coefficient (Wildman–Crippen LogP) is 1.43. The number of nitrogens with zero attached hydrogens (tertiary/aromatic N) is 1. The van der Waals surface area contributed by atoms with E-state index in [9.17, 15) is 9.90 Å². The second-order valence-electron chi connectivity index (χ2n) is 4.93. The van der Waals surface area contributed by atoms with Crippen LogP contribution >= 0.6 is 11.3 Å². The van der Waals surface area contributed by atoms with Gasteiger partial charge in [0.1, 0.15) is 0 Å². The summed E-state index contributed by atoms with van der Waals surface area (Å²) in [6.45, 7) is 4.29. The zero-order chi connectivity index (χ0) is 14.5. The summed E-state index contributed by atoms with van der Waals surface area (Å²) < 4.78 is 5.51. The van der Waals surface area contributed by atoms with Crippen LogP contribution in [0.3, 0.4) is 0 Å². The third kappa shape index (κ3) is 4.14. The lowest BCUT2D eigenvalue weighted by Gasteiger charge is -2.37. The molecule has 2 N–H and O–H groups in total. The van der Waals surface area contributed by atoms with Crippen LogP contribution in [0.4, 0.5) is 0 Å². The van der Waals surface area contributed by atoms with Crippen molar-refractivity contribution in [1.82, 2.24) is 4.90 Å². The summed E-state index contributed by atoms with van der Waals surface area (Å²) in [7, 11) is 0. The molecular formula is C14H19NO4S. The van der Waals surface area contributed by atoms with Gasteiger partial charge < -0.3 is 14.9 Å². The summed E-state index contributed by atoms with van der Waals surface area (Å²) in [6.07, 6.45) is 2.63. The molecule has 1 aromatic rings. The maximum absolute atomic E-state index is 10.5. The molecule has 0 spiro atoms. The summed E-state index contributed by atoms with van der Waals surface area (Å²) in [6, 6.07) is 2.32. The van der Waals surface area contributed by atoms with Gasteiger partial charge in [-0.05, 0) is 30.0 Å². The van der Waals surface area contributed by atoms with Gasteiger partial charge >= 0.3 is 5.97 Å². The van der Waals surface area contributed by atoms with E-state index in [2.05, 4.69) is 11.8 Å². The number of morpholine rings is 1. The van der Waals surface area contributed by atoms with Crippen LogP contribution < -0.4 is 0 Å². The van der Waals surface area contributed by atoms with Crippen molar-refractivity contribution in [2.45, 2.75) is 25.6 Å². The maximum Gasteiger partial charge on any atom is 0.328 e. The fourth-order valence-corrected chi connectivity index (χ4v) is 3.02. The molecule has 0 saturated carbocycles. The molecule has 0 aromatic carbocycles. The van der Waals surface area contributed by atoms with E-state index in [1.165, 1.54) is 4.88 Å². The number of carbonyl (C=O) groups is 1. The van der Waals surface area contributed by atoms with Crippen molar-refractivity contribution in [2.24, 2.45) is 0 Å². The number of hydrogen-bond donors (Lipinski definition) is 2. The van der Waals surface area contributed by atoms with Crippen LogP contribution in [0.2, 0.25) is 0 Å². The molecule has 0 radical (unpaired) electrons. The van der Waals surface area contributed by atoms with Crippen molar-refractivity contribution >= 4 is 23.4 Å². The van der Waals surface area contributed by atoms with E-state index in [4.69, 9.17) is 9.84 Å². The largest absolute Gasteiger partial charge is 0.478 e. The van der Waals surface area contributed by atoms with E-state index in [0.29, 0.717) is 12.6 Å². The van der Waals surface area contributed by atoms with E-state index in [1.807, 2.05) is 11.4 Å². The predicted molar refractivity (Wildman–Crippen MR) is 77.7 cm³/mol. The minimum Gasteiger partial charge on any atom is -0.478 e. The van der Waals surface area contributed by atoms with Gasteiger partial charge in [-0.3, -0.25) is 4.90 Å². The number of aliphatic hydroxyl groups excluding tert-OH is 1. The van der Waals surface area contributed by atoms with Crippen LogP contribution in [0.5, 0.6) is 0 Å². The van der Waals surface area contributed by atoms with E-state index in [1.54, 1.807) is 17.4 Å². The van der Waals surface area contributed by atoms with E-state index < -0.39 is 5.97 Å². The van der Waals surface area contributed by atoms with Crippen molar-refractivity contribution in [3.05, 3.63) is 28.0 Å². The second kappa shape index (κ2) is 6.99. The number of ether oxygens (including phenoxy) is 1. The normalized spacial score (nSPS) is 24.3. The minimum absolute atomic E-state index is 0.0419. The van der Waals surface area contributed by atoms with Gasteiger partial charge in [0.25, 0.3) is 0 Å². The average Bonchev–Trinajstić information content (AvgIpc) is 2.86. The van der Waals surface area contributed by atoms with Crippen LogP contribution in [-0.4, -0.2) is 53.0 Å². The number of aliphatic carboxylic acids is 1. The second-order valence-corrected chi connectivity index (χ2v) is 5.93. The van der Waals surface area contributed by atoms with Crippen LogP contribution in [0, 0.1) is 0 Å². The molecule has 0 amide bonds. The number of aliphatic hydroxyl groups is 1. The lowest BCUT2D eigenvalue weighted by Crippen LogP contribution is -2.48. The number of hydrogen-bond acceptors (Lipinski definition) is 5.